The van der Waals surface area contributed by atoms with Gasteiger partial charge in [0.05, 0.1) is 3.79 Å². The summed E-state index contributed by atoms with van der Waals surface area (Å²) in [6, 6.07) is 1.78. The Morgan fingerprint density at radius 2 is 2.20 bits per heavy atom. The molecule has 1 aromatic rings. The van der Waals surface area contributed by atoms with E-state index in [1.807, 2.05) is 6.92 Å². The van der Waals surface area contributed by atoms with Gasteiger partial charge in [0.1, 0.15) is 4.90 Å². The maximum atomic E-state index is 12.6. The Morgan fingerprint density at radius 3 is 2.75 bits per heavy atom. The van der Waals surface area contributed by atoms with E-state index in [4.69, 9.17) is 0 Å². The predicted octanol–water partition coefficient (Wildman–Crippen LogP) is 2.90. The highest BCUT2D eigenvalue weighted by atomic mass is 79.9. The summed E-state index contributed by atoms with van der Waals surface area (Å²) in [5, 5.41) is 3.21. The minimum atomic E-state index is -3.38. The van der Waals surface area contributed by atoms with Gasteiger partial charge in [-0.3, -0.25) is 0 Å². The van der Waals surface area contributed by atoms with Crippen molar-refractivity contribution in [2.75, 3.05) is 20.1 Å². The maximum Gasteiger partial charge on any atom is 0.244 e. The predicted molar refractivity (Wildman–Crippen MR) is 86.5 cm³/mol. The Bertz CT molecular complexity index is 571. The zero-order valence-electron chi connectivity index (χ0n) is 12.0. The second kappa shape index (κ2) is 6.44. The van der Waals surface area contributed by atoms with Crippen LogP contribution in [-0.2, 0) is 16.6 Å². The molecular formula is C13H21BrN2O2S2. The molecule has 0 aliphatic heterocycles. The van der Waals surface area contributed by atoms with Gasteiger partial charge in [-0.2, -0.15) is 0 Å². The third-order valence-electron chi connectivity index (χ3n) is 3.71. The molecule has 20 heavy (non-hydrogen) atoms. The smallest absolute Gasteiger partial charge is 0.244 e. The number of hydrogen-bond acceptors (Lipinski definition) is 4. The Kier molecular flexibility index (Phi) is 5.29. The topological polar surface area (TPSA) is 49.4 Å². The van der Waals surface area contributed by atoms with Crippen LogP contribution in [0.2, 0.25) is 0 Å². The van der Waals surface area contributed by atoms with Gasteiger partial charge in [0.15, 0.2) is 0 Å². The van der Waals surface area contributed by atoms with Crippen LogP contribution in [0.1, 0.15) is 25.1 Å². The second-order valence-electron chi connectivity index (χ2n) is 5.39. The number of nitrogens with zero attached hydrogens (tertiary/aromatic N) is 1. The van der Waals surface area contributed by atoms with Crippen LogP contribution in [0.25, 0.3) is 0 Å². The summed E-state index contributed by atoms with van der Waals surface area (Å²) >= 11 is 4.87. The molecule has 114 valence electrons. The lowest BCUT2D eigenvalue weighted by Gasteiger charge is -2.16. The van der Waals surface area contributed by atoms with E-state index in [1.54, 1.807) is 13.1 Å². The van der Waals surface area contributed by atoms with Crippen molar-refractivity contribution in [2.45, 2.75) is 31.7 Å². The van der Waals surface area contributed by atoms with Gasteiger partial charge in [-0.1, -0.05) is 13.8 Å². The molecular weight excluding hydrogens is 360 g/mol. The molecule has 1 N–H and O–H groups in total. The van der Waals surface area contributed by atoms with Crippen molar-refractivity contribution in [3.05, 3.63) is 14.7 Å². The van der Waals surface area contributed by atoms with E-state index < -0.39 is 10.0 Å². The van der Waals surface area contributed by atoms with Gasteiger partial charge in [0, 0.05) is 25.0 Å². The van der Waals surface area contributed by atoms with Crippen molar-refractivity contribution in [1.82, 2.24) is 9.62 Å². The molecule has 1 aliphatic carbocycles. The molecule has 2 atom stereocenters. The molecule has 0 bridgehead atoms. The van der Waals surface area contributed by atoms with Crippen LogP contribution in [0.5, 0.6) is 0 Å². The Hall–Kier alpha value is 0.0500. The highest BCUT2D eigenvalue weighted by Crippen LogP contribution is 2.40. The van der Waals surface area contributed by atoms with E-state index in [0.29, 0.717) is 33.6 Å². The summed E-state index contributed by atoms with van der Waals surface area (Å²) in [6.07, 6.45) is 1.14. The molecule has 2 unspecified atom stereocenters. The molecule has 4 nitrogen and oxygen atoms in total. The summed E-state index contributed by atoms with van der Waals surface area (Å²) < 4.78 is 27.4. The van der Waals surface area contributed by atoms with Gasteiger partial charge >= 0.3 is 0 Å². The van der Waals surface area contributed by atoms with Crippen molar-refractivity contribution < 1.29 is 8.42 Å². The molecule has 7 heteroatoms. The van der Waals surface area contributed by atoms with Crippen molar-refractivity contribution in [2.24, 2.45) is 11.8 Å². The summed E-state index contributed by atoms with van der Waals surface area (Å²) in [5.41, 5.74) is 0. The quantitative estimate of drug-likeness (QED) is 0.790. The number of halogens is 1. The Balaban J connectivity index is 2.13. The van der Waals surface area contributed by atoms with Crippen LogP contribution >= 0.6 is 27.3 Å². The average Bonchev–Trinajstić information content (AvgIpc) is 2.93. The molecule has 0 spiro atoms. The van der Waals surface area contributed by atoms with Crippen LogP contribution in [0.15, 0.2) is 14.7 Å². The first-order chi connectivity index (χ1) is 9.36. The molecule has 2 rings (SSSR count). The zero-order chi connectivity index (χ0) is 14.9. The van der Waals surface area contributed by atoms with E-state index in [2.05, 4.69) is 28.2 Å². The average molecular weight is 381 g/mol. The number of nitrogens with one attached hydrogen (secondary N) is 1. The van der Waals surface area contributed by atoms with Crippen LogP contribution in [0.3, 0.4) is 0 Å². The van der Waals surface area contributed by atoms with Crippen molar-refractivity contribution in [1.29, 1.82) is 0 Å². The molecule has 1 saturated carbocycles. The summed E-state index contributed by atoms with van der Waals surface area (Å²) in [6.45, 7) is 6.40. The van der Waals surface area contributed by atoms with E-state index in [9.17, 15) is 8.42 Å². The lowest BCUT2D eigenvalue weighted by atomic mass is 10.3. The van der Waals surface area contributed by atoms with Crippen LogP contribution in [0, 0.1) is 11.8 Å². The van der Waals surface area contributed by atoms with Crippen LogP contribution < -0.4 is 5.32 Å². The summed E-state index contributed by atoms with van der Waals surface area (Å²) in [4.78, 5) is 1.43. The first-order valence-corrected chi connectivity index (χ1v) is 9.86. The first kappa shape index (κ1) is 16.4. The van der Waals surface area contributed by atoms with Gasteiger partial charge in [-0.15, -0.1) is 11.3 Å². The van der Waals surface area contributed by atoms with Crippen molar-refractivity contribution >= 4 is 37.3 Å². The van der Waals surface area contributed by atoms with Crippen LogP contribution in [0.4, 0.5) is 0 Å². The highest BCUT2D eigenvalue weighted by molar-refractivity contribution is 9.11. The van der Waals surface area contributed by atoms with Crippen molar-refractivity contribution in [3.63, 3.8) is 0 Å². The molecule has 1 aliphatic rings. The standard InChI is InChI=1S/C13H21BrN2O2S2/c1-4-15-7-11-6-12(13(14)19-11)20(17,18)16(3)8-10-5-9(10)2/h6,9-10,15H,4-5,7-8H2,1-3H3. The maximum absolute atomic E-state index is 12.6. The largest absolute Gasteiger partial charge is 0.312 e. The molecule has 0 saturated heterocycles. The highest BCUT2D eigenvalue weighted by Gasteiger charge is 2.36. The van der Waals surface area contributed by atoms with E-state index in [1.165, 1.54) is 15.6 Å². The monoisotopic (exact) mass is 380 g/mol. The van der Waals surface area contributed by atoms with Gasteiger partial charge in [0.25, 0.3) is 0 Å². The molecule has 1 aromatic heterocycles. The van der Waals surface area contributed by atoms with Crippen molar-refractivity contribution in [3.8, 4) is 0 Å². The molecule has 1 heterocycles. The Morgan fingerprint density at radius 1 is 1.55 bits per heavy atom. The SMILES string of the molecule is CCNCc1cc(S(=O)(=O)N(C)CC2CC2C)c(Br)s1. The van der Waals surface area contributed by atoms with Gasteiger partial charge in [-0.05, 0) is 46.8 Å². The normalized spacial score (nSPS) is 22.4. The fraction of sp³-hybridized carbons (Fsp3) is 0.692. The third-order valence-corrected chi connectivity index (χ3v) is 7.79. The Labute approximate surface area is 133 Å². The zero-order valence-corrected chi connectivity index (χ0v) is 15.2. The summed E-state index contributed by atoms with van der Waals surface area (Å²) in [5.74, 6) is 1.18. The summed E-state index contributed by atoms with van der Waals surface area (Å²) in [7, 11) is -1.71. The minimum Gasteiger partial charge on any atom is -0.312 e. The lowest BCUT2D eigenvalue weighted by molar-refractivity contribution is 0.444. The van der Waals surface area contributed by atoms with Gasteiger partial charge < -0.3 is 5.32 Å². The molecule has 0 aromatic carbocycles. The number of hydrogen-bond donors (Lipinski definition) is 1. The first-order valence-electron chi connectivity index (χ1n) is 6.81. The molecule has 0 radical (unpaired) electrons. The fourth-order valence-corrected chi connectivity index (χ4v) is 5.98. The number of rotatable bonds is 7. The van der Waals surface area contributed by atoms with E-state index in [-0.39, 0.29) is 0 Å². The van der Waals surface area contributed by atoms with Gasteiger partial charge in [0.2, 0.25) is 10.0 Å². The second-order valence-corrected chi connectivity index (χ2v) is 9.86. The lowest BCUT2D eigenvalue weighted by Crippen LogP contribution is -2.29. The number of sulfonamides is 1. The van der Waals surface area contributed by atoms with E-state index >= 15 is 0 Å². The molecule has 1 fully saturated rings. The van der Waals surface area contributed by atoms with Gasteiger partial charge in [-0.25, -0.2) is 12.7 Å². The minimum absolute atomic E-state index is 0.395. The van der Waals surface area contributed by atoms with Crippen LogP contribution in [-0.4, -0.2) is 32.9 Å². The fourth-order valence-electron chi connectivity index (χ4n) is 2.16. The van der Waals surface area contributed by atoms with E-state index in [0.717, 1.165) is 17.8 Å². The molecule has 0 amide bonds. The number of thiophene rings is 1. The third kappa shape index (κ3) is 3.62.